The van der Waals surface area contributed by atoms with Gasteiger partial charge in [-0.1, -0.05) is 29.8 Å². The van der Waals surface area contributed by atoms with Crippen LogP contribution in [0.1, 0.15) is 31.7 Å². The van der Waals surface area contributed by atoms with Crippen LogP contribution in [0.3, 0.4) is 0 Å². The third kappa shape index (κ3) is 1.72. The second kappa shape index (κ2) is 3.56. The minimum absolute atomic E-state index is 0.116. The number of hydrogen-bond acceptors (Lipinski definition) is 1. The van der Waals surface area contributed by atoms with E-state index in [2.05, 4.69) is 15.9 Å². The second-order valence-corrected chi connectivity index (χ2v) is 5.71. The largest absolute Gasteiger partial charge is 0.393 e. The molecule has 0 saturated heterocycles. The molecule has 1 aromatic carbocycles. The molecule has 1 nitrogen and oxygen atoms in total. The number of halogens is 2. The Balaban J connectivity index is 2.35. The molecule has 0 aliphatic heterocycles. The maximum atomic E-state index is 13.6. The first-order valence-corrected chi connectivity index (χ1v) is 5.85. The fourth-order valence-electron chi connectivity index (χ4n) is 2.21. The highest BCUT2D eigenvalue weighted by Crippen LogP contribution is 2.53. The first kappa shape index (κ1) is 11.1. The summed E-state index contributed by atoms with van der Waals surface area (Å²) in [6, 6.07) is 4.98. The van der Waals surface area contributed by atoms with E-state index in [4.69, 9.17) is 0 Å². The van der Waals surface area contributed by atoms with Crippen LogP contribution in [-0.4, -0.2) is 11.2 Å². The molecule has 0 heterocycles. The molecule has 0 bridgehead atoms. The molecule has 1 aliphatic carbocycles. The highest BCUT2D eigenvalue weighted by molar-refractivity contribution is 9.10. The molecule has 1 saturated carbocycles. The quantitative estimate of drug-likeness (QED) is 0.830. The van der Waals surface area contributed by atoms with Gasteiger partial charge in [-0.25, -0.2) is 4.39 Å². The number of rotatable bonds is 1. The highest BCUT2D eigenvalue weighted by Gasteiger charge is 2.48. The Morgan fingerprint density at radius 2 is 2.13 bits per heavy atom. The Bertz CT molecular complexity index is 389. The van der Waals surface area contributed by atoms with Crippen LogP contribution in [0.15, 0.2) is 22.7 Å². The molecule has 82 valence electrons. The van der Waals surface area contributed by atoms with Gasteiger partial charge in [-0.15, -0.1) is 0 Å². The molecule has 1 fully saturated rings. The summed E-state index contributed by atoms with van der Waals surface area (Å²) < 4.78 is 14.5. The SMILES string of the molecule is CC1(C)C(O)CC1c1cc(Br)ccc1F. The smallest absolute Gasteiger partial charge is 0.126 e. The predicted molar refractivity (Wildman–Crippen MR) is 61.2 cm³/mol. The zero-order chi connectivity index (χ0) is 11.2. The molecule has 3 heteroatoms. The Hall–Kier alpha value is -0.410. The first-order valence-electron chi connectivity index (χ1n) is 5.06. The van der Waals surface area contributed by atoms with E-state index < -0.39 is 0 Å². The minimum atomic E-state index is -0.319. The maximum Gasteiger partial charge on any atom is 0.126 e. The molecule has 0 amide bonds. The molecule has 0 spiro atoms. The highest BCUT2D eigenvalue weighted by atomic mass is 79.9. The van der Waals surface area contributed by atoms with Gasteiger partial charge in [0.15, 0.2) is 0 Å². The van der Waals surface area contributed by atoms with Crippen molar-refractivity contribution < 1.29 is 9.50 Å². The van der Waals surface area contributed by atoms with Crippen LogP contribution in [0.2, 0.25) is 0 Å². The second-order valence-electron chi connectivity index (χ2n) is 4.79. The van der Waals surface area contributed by atoms with Crippen LogP contribution < -0.4 is 0 Å². The molecule has 2 atom stereocenters. The molecule has 1 aromatic rings. The fraction of sp³-hybridized carbons (Fsp3) is 0.500. The van der Waals surface area contributed by atoms with Gasteiger partial charge in [-0.3, -0.25) is 0 Å². The van der Waals surface area contributed by atoms with E-state index in [0.29, 0.717) is 12.0 Å². The summed E-state index contributed by atoms with van der Waals surface area (Å²) in [4.78, 5) is 0. The average molecular weight is 273 g/mol. The van der Waals surface area contributed by atoms with Gasteiger partial charge in [0.05, 0.1) is 6.10 Å². The standard InChI is InChI=1S/C12H14BrFO/c1-12(2)9(6-11(12)15)8-5-7(13)3-4-10(8)14/h3-5,9,11,15H,6H2,1-2H3. The molecule has 15 heavy (non-hydrogen) atoms. The van der Waals surface area contributed by atoms with Crippen molar-refractivity contribution in [3.8, 4) is 0 Å². The van der Waals surface area contributed by atoms with Gasteiger partial charge in [0, 0.05) is 4.47 Å². The lowest BCUT2D eigenvalue weighted by molar-refractivity contribution is -0.0635. The van der Waals surface area contributed by atoms with E-state index in [-0.39, 0.29) is 23.3 Å². The Morgan fingerprint density at radius 1 is 1.47 bits per heavy atom. The minimum Gasteiger partial charge on any atom is -0.393 e. The van der Waals surface area contributed by atoms with Crippen LogP contribution in [0, 0.1) is 11.2 Å². The summed E-state index contributed by atoms with van der Waals surface area (Å²) in [6.07, 6.45) is 0.335. The van der Waals surface area contributed by atoms with Crippen molar-refractivity contribution in [2.75, 3.05) is 0 Å². The average Bonchev–Trinajstić information content (AvgIpc) is 2.18. The number of benzene rings is 1. The topological polar surface area (TPSA) is 20.2 Å². The lowest BCUT2D eigenvalue weighted by Crippen LogP contribution is -2.47. The van der Waals surface area contributed by atoms with E-state index in [0.717, 1.165) is 4.47 Å². The van der Waals surface area contributed by atoms with E-state index in [1.54, 1.807) is 6.07 Å². The van der Waals surface area contributed by atoms with Gasteiger partial charge in [0.1, 0.15) is 5.82 Å². The van der Waals surface area contributed by atoms with Crippen LogP contribution in [0.5, 0.6) is 0 Å². The molecular weight excluding hydrogens is 259 g/mol. The molecule has 1 N–H and O–H groups in total. The Labute approximate surface area is 97.4 Å². The predicted octanol–water partition coefficient (Wildman–Crippen LogP) is 3.46. The third-order valence-corrected chi connectivity index (χ3v) is 4.04. The van der Waals surface area contributed by atoms with Crippen molar-refractivity contribution in [3.05, 3.63) is 34.1 Å². The molecule has 2 rings (SSSR count). The van der Waals surface area contributed by atoms with Crippen molar-refractivity contribution in [3.63, 3.8) is 0 Å². The van der Waals surface area contributed by atoms with Crippen LogP contribution >= 0.6 is 15.9 Å². The van der Waals surface area contributed by atoms with Gasteiger partial charge in [-0.2, -0.15) is 0 Å². The lowest BCUT2D eigenvalue weighted by Gasteiger charge is -2.49. The van der Waals surface area contributed by atoms with Gasteiger partial charge >= 0.3 is 0 Å². The van der Waals surface area contributed by atoms with E-state index in [9.17, 15) is 9.50 Å². The zero-order valence-electron chi connectivity index (χ0n) is 8.80. The van der Waals surface area contributed by atoms with Gasteiger partial charge in [0.2, 0.25) is 0 Å². The van der Waals surface area contributed by atoms with Gasteiger partial charge in [0.25, 0.3) is 0 Å². The monoisotopic (exact) mass is 272 g/mol. The Kier molecular flexibility index (Phi) is 2.63. The number of hydrogen-bond donors (Lipinski definition) is 1. The normalized spacial score (nSPS) is 28.6. The Morgan fingerprint density at radius 3 is 2.67 bits per heavy atom. The first-order chi connectivity index (χ1) is 6.93. The van der Waals surface area contributed by atoms with Crippen molar-refractivity contribution in [2.24, 2.45) is 5.41 Å². The van der Waals surface area contributed by atoms with E-state index >= 15 is 0 Å². The molecule has 0 aromatic heterocycles. The molecular formula is C12H14BrFO. The van der Waals surface area contributed by atoms with Gasteiger partial charge in [-0.05, 0) is 41.5 Å². The molecule has 0 radical (unpaired) electrons. The van der Waals surface area contributed by atoms with Crippen molar-refractivity contribution >= 4 is 15.9 Å². The van der Waals surface area contributed by atoms with Crippen molar-refractivity contribution in [2.45, 2.75) is 32.3 Å². The van der Waals surface area contributed by atoms with E-state index in [1.807, 2.05) is 19.9 Å². The van der Waals surface area contributed by atoms with Crippen molar-refractivity contribution in [1.29, 1.82) is 0 Å². The van der Waals surface area contributed by atoms with Crippen LogP contribution in [0.4, 0.5) is 4.39 Å². The lowest BCUT2D eigenvalue weighted by atomic mass is 9.58. The van der Waals surface area contributed by atoms with Gasteiger partial charge < -0.3 is 5.11 Å². The molecule has 1 aliphatic rings. The number of aliphatic hydroxyl groups is 1. The maximum absolute atomic E-state index is 13.6. The zero-order valence-corrected chi connectivity index (χ0v) is 10.4. The fourth-order valence-corrected chi connectivity index (χ4v) is 2.59. The summed E-state index contributed by atoms with van der Waals surface area (Å²) in [7, 11) is 0. The van der Waals surface area contributed by atoms with Crippen molar-refractivity contribution in [1.82, 2.24) is 0 Å². The summed E-state index contributed by atoms with van der Waals surface area (Å²) in [5.41, 5.74) is 0.487. The summed E-state index contributed by atoms with van der Waals surface area (Å²) in [5, 5.41) is 9.63. The van der Waals surface area contributed by atoms with Crippen LogP contribution in [-0.2, 0) is 0 Å². The number of aliphatic hydroxyl groups excluding tert-OH is 1. The third-order valence-electron chi connectivity index (χ3n) is 3.55. The summed E-state index contributed by atoms with van der Waals surface area (Å²) >= 11 is 3.34. The van der Waals surface area contributed by atoms with Crippen LogP contribution in [0.25, 0.3) is 0 Å². The summed E-state index contributed by atoms with van der Waals surface area (Å²) in [6.45, 7) is 3.96. The molecule has 2 unspecified atom stereocenters. The van der Waals surface area contributed by atoms with E-state index in [1.165, 1.54) is 6.07 Å². The summed E-state index contributed by atoms with van der Waals surface area (Å²) in [5.74, 6) is -0.0619.